The van der Waals surface area contributed by atoms with Gasteiger partial charge >= 0.3 is 0 Å². The Balaban J connectivity index is 0.000000531. The third-order valence-electron chi connectivity index (χ3n) is 3.43. The molecule has 0 radical (unpaired) electrons. The van der Waals surface area contributed by atoms with Crippen LogP contribution in [0.2, 0.25) is 0 Å². The molecule has 0 saturated carbocycles. The van der Waals surface area contributed by atoms with Crippen molar-refractivity contribution in [3.63, 3.8) is 0 Å². The number of carbonyl (C=O) groups is 1. The van der Waals surface area contributed by atoms with Gasteiger partial charge in [-0.05, 0) is 26.2 Å². The van der Waals surface area contributed by atoms with Crippen LogP contribution >= 0.6 is 0 Å². The average molecular weight is 209 g/mol. The minimum Gasteiger partial charge on any atom is -0.342 e. The van der Waals surface area contributed by atoms with Gasteiger partial charge in [0.15, 0.2) is 0 Å². The van der Waals surface area contributed by atoms with Crippen molar-refractivity contribution in [2.24, 2.45) is 5.41 Å². The third-order valence-corrected chi connectivity index (χ3v) is 3.43. The number of amides is 1. The molecular formula is C13H23NO. The molecule has 0 atom stereocenters. The van der Waals surface area contributed by atoms with E-state index in [-0.39, 0.29) is 5.91 Å². The first-order valence-electron chi connectivity index (χ1n) is 6.02. The molecule has 2 nitrogen and oxygen atoms in total. The van der Waals surface area contributed by atoms with Gasteiger partial charge in [-0.1, -0.05) is 25.5 Å². The van der Waals surface area contributed by atoms with Crippen molar-refractivity contribution in [2.75, 3.05) is 13.1 Å². The molecule has 1 aliphatic carbocycles. The predicted octanol–water partition coefficient (Wildman–Crippen LogP) is 2.99. The first-order valence-corrected chi connectivity index (χ1v) is 6.02. The zero-order valence-electron chi connectivity index (χ0n) is 10.5. The Kier molecular flexibility index (Phi) is 3.95. The summed E-state index contributed by atoms with van der Waals surface area (Å²) in [6.45, 7) is 9.85. The Bertz CT molecular complexity index is 262. The first kappa shape index (κ1) is 12.3. The Morgan fingerprint density at radius 3 is 2.40 bits per heavy atom. The monoisotopic (exact) mass is 209 g/mol. The SMILES string of the molecule is CC.CC(=O)N1CC2(CC=C(C)CC2)C1. The Morgan fingerprint density at radius 1 is 1.40 bits per heavy atom. The maximum atomic E-state index is 11.0. The second-order valence-electron chi connectivity index (χ2n) is 4.63. The molecule has 86 valence electrons. The van der Waals surface area contributed by atoms with Crippen LogP contribution in [0.15, 0.2) is 11.6 Å². The van der Waals surface area contributed by atoms with E-state index in [1.165, 1.54) is 24.8 Å². The fourth-order valence-electron chi connectivity index (χ4n) is 2.33. The minimum absolute atomic E-state index is 0.233. The van der Waals surface area contributed by atoms with E-state index in [0.29, 0.717) is 5.41 Å². The highest BCUT2D eigenvalue weighted by atomic mass is 16.2. The van der Waals surface area contributed by atoms with Gasteiger partial charge < -0.3 is 4.90 Å². The summed E-state index contributed by atoms with van der Waals surface area (Å²) in [6.07, 6.45) is 6.04. The number of rotatable bonds is 0. The molecule has 2 heteroatoms. The number of nitrogens with zero attached hydrogens (tertiary/aromatic N) is 1. The fourth-order valence-corrected chi connectivity index (χ4v) is 2.33. The van der Waals surface area contributed by atoms with Crippen molar-refractivity contribution in [3.05, 3.63) is 11.6 Å². The zero-order chi connectivity index (χ0) is 11.5. The standard InChI is InChI=1S/C11H17NO.C2H6/c1-9-3-5-11(6-4-9)7-12(8-11)10(2)13;1-2/h3H,4-8H2,1-2H3;1-2H3. The van der Waals surface area contributed by atoms with Crippen LogP contribution in [0, 0.1) is 5.41 Å². The fraction of sp³-hybridized carbons (Fsp3) is 0.769. The van der Waals surface area contributed by atoms with Crippen molar-refractivity contribution >= 4 is 5.91 Å². The molecular weight excluding hydrogens is 186 g/mol. The lowest BCUT2D eigenvalue weighted by Crippen LogP contribution is -2.58. The van der Waals surface area contributed by atoms with Gasteiger partial charge in [0, 0.05) is 25.4 Å². The highest BCUT2D eigenvalue weighted by Gasteiger charge is 2.43. The summed E-state index contributed by atoms with van der Waals surface area (Å²) in [6, 6.07) is 0. The van der Waals surface area contributed by atoms with Crippen LogP contribution in [0.5, 0.6) is 0 Å². The first-order chi connectivity index (χ1) is 7.11. The number of carbonyl (C=O) groups excluding carboxylic acids is 1. The molecule has 2 rings (SSSR count). The number of allylic oxidation sites excluding steroid dienone is 2. The van der Waals surface area contributed by atoms with Crippen molar-refractivity contribution in [2.45, 2.75) is 47.0 Å². The summed E-state index contributed by atoms with van der Waals surface area (Å²) in [5, 5.41) is 0. The maximum absolute atomic E-state index is 11.0. The molecule has 1 heterocycles. The molecule has 1 spiro atoms. The van der Waals surface area contributed by atoms with Crippen molar-refractivity contribution in [3.8, 4) is 0 Å². The van der Waals surface area contributed by atoms with Crippen molar-refractivity contribution in [1.82, 2.24) is 4.90 Å². The summed E-state index contributed by atoms with van der Waals surface area (Å²) in [5.74, 6) is 0.233. The van der Waals surface area contributed by atoms with Crippen LogP contribution in [0.25, 0.3) is 0 Å². The normalized spacial score (nSPS) is 22.4. The van der Waals surface area contributed by atoms with E-state index in [1.54, 1.807) is 6.92 Å². The summed E-state index contributed by atoms with van der Waals surface area (Å²) in [7, 11) is 0. The van der Waals surface area contributed by atoms with Crippen LogP contribution in [0.1, 0.15) is 47.0 Å². The molecule has 1 fully saturated rings. The summed E-state index contributed by atoms with van der Waals surface area (Å²) >= 11 is 0. The minimum atomic E-state index is 0.233. The van der Waals surface area contributed by atoms with Gasteiger partial charge in [-0.3, -0.25) is 4.79 Å². The highest BCUT2D eigenvalue weighted by Crippen LogP contribution is 2.42. The topological polar surface area (TPSA) is 20.3 Å². The van der Waals surface area contributed by atoms with Crippen LogP contribution in [0.4, 0.5) is 0 Å². The van der Waals surface area contributed by atoms with E-state index in [0.717, 1.165) is 13.1 Å². The average Bonchev–Trinajstić information content (AvgIpc) is 2.19. The highest BCUT2D eigenvalue weighted by molar-refractivity contribution is 5.74. The number of hydrogen-bond donors (Lipinski definition) is 0. The number of likely N-dealkylation sites (tertiary alicyclic amines) is 1. The smallest absolute Gasteiger partial charge is 0.219 e. The van der Waals surface area contributed by atoms with E-state index in [4.69, 9.17) is 0 Å². The molecule has 2 aliphatic rings. The number of hydrogen-bond acceptors (Lipinski definition) is 1. The van der Waals surface area contributed by atoms with E-state index in [9.17, 15) is 4.79 Å². The Hall–Kier alpha value is -0.790. The van der Waals surface area contributed by atoms with Gasteiger partial charge in [-0.15, -0.1) is 0 Å². The molecule has 0 bridgehead atoms. The third kappa shape index (κ3) is 2.61. The lowest BCUT2D eigenvalue weighted by Gasteiger charge is -2.51. The van der Waals surface area contributed by atoms with Crippen LogP contribution in [-0.2, 0) is 4.79 Å². The van der Waals surface area contributed by atoms with Crippen LogP contribution in [0.3, 0.4) is 0 Å². The second-order valence-corrected chi connectivity index (χ2v) is 4.63. The quantitative estimate of drug-likeness (QED) is 0.562. The molecule has 0 aromatic carbocycles. The van der Waals surface area contributed by atoms with Crippen LogP contribution < -0.4 is 0 Å². The van der Waals surface area contributed by atoms with E-state index in [1.807, 2.05) is 18.7 Å². The zero-order valence-corrected chi connectivity index (χ0v) is 10.5. The Labute approximate surface area is 93.3 Å². The lowest BCUT2D eigenvalue weighted by molar-refractivity contribution is -0.141. The largest absolute Gasteiger partial charge is 0.342 e. The van der Waals surface area contributed by atoms with Crippen LogP contribution in [-0.4, -0.2) is 23.9 Å². The molecule has 0 aromatic heterocycles. The van der Waals surface area contributed by atoms with Gasteiger partial charge in [0.05, 0.1) is 0 Å². The summed E-state index contributed by atoms with van der Waals surface area (Å²) in [5.41, 5.74) is 1.98. The molecule has 15 heavy (non-hydrogen) atoms. The Morgan fingerprint density at radius 2 is 2.00 bits per heavy atom. The van der Waals surface area contributed by atoms with Crippen molar-refractivity contribution < 1.29 is 4.79 Å². The van der Waals surface area contributed by atoms with E-state index >= 15 is 0 Å². The van der Waals surface area contributed by atoms with Gasteiger partial charge in [-0.2, -0.15) is 0 Å². The van der Waals surface area contributed by atoms with E-state index < -0.39 is 0 Å². The van der Waals surface area contributed by atoms with Gasteiger partial charge in [0.25, 0.3) is 0 Å². The van der Waals surface area contributed by atoms with Gasteiger partial charge in [0.2, 0.25) is 5.91 Å². The molecule has 1 amide bonds. The second kappa shape index (κ2) is 4.82. The summed E-state index contributed by atoms with van der Waals surface area (Å²) < 4.78 is 0. The maximum Gasteiger partial charge on any atom is 0.219 e. The molecule has 1 saturated heterocycles. The molecule has 0 unspecified atom stereocenters. The summed E-state index contributed by atoms with van der Waals surface area (Å²) in [4.78, 5) is 13.0. The van der Waals surface area contributed by atoms with Gasteiger partial charge in [0.1, 0.15) is 0 Å². The van der Waals surface area contributed by atoms with E-state index in [2.05, 4.69) is 13.0 Å². The van der Waals surface area contributed by atoms with Crippen molar-refractivity contribution in [1.29, 1.82) is 0 Å². The predicted molar refractivity (Wildman–Crippen MR) is 63.6 cm³/mol. The molecule has 1 aliphatic heterocycles. The lowest BCUT2D eigenvalue weighted by atomic mass is 9.69. The molecule has 0 N–H and O–H groups in total. The molecule has 0 aromatic rings. The van der Waals surface area contributed by atoms with Gasteiger partial charge in [-0.25, -0.2) is 0 Å².